The number of rotatable bonds is 9. The number of halogens is 5. The topological polar surface area (TPSA) is 78.9 Å². The molecule has 1 aliphatic heterocycles. The summed E-state index contributed by atoms with van der Waals surface area (Å²) in [6, 6.07) is 0.786. The molecule has 30 heavy (non-hydrogen) atoms. The maximum Gasteiger partial charge on any atom is 0.417 e. The molecular weight excluding hydrogens is 538 g/mol. The number of ether oxygens (including phenoxy) is 1. The minimum Gasteiger partial charge on any atom is -0.475 e. The third-order valence-corrected chi connectivity index (χ3v) is 4.41. The molecule has 0 atom stereocenters. The van der Waals surface area contributed by atoms with Crippen LogP contribution in [-0.4, -0.2) is 61.1 Å². The SMILES string of the molecule is CCNC(=NCCCN1CCCC1=O)NCCOc1ncc(C(F)(F)F)cc1Cl.I. The first-order chi connectivity index (χ1) is 13.8. The second-order valence-corrected chi connectivity index (χ2v) is 6.79. The van der Waals surface area contributed by atoms with E-state index in [9.17, 15) is 18.0 Å². The first kappa shape index (κ1) is 26.5. The lowest BCUT2D eigenvalue weighted by molar-refractivity contribution is -0.137. The highest BCUT2D eigenvalue weighted by Gasteiger charge is 2.31. The Morgan fingerprint density at radius 1 is 1.40 bits per heavy atom. The molecule has 1 aliphatic rings. The summed E-state index contributed by atoms with van der Waals surface area (Å²) < 4.78 is 43.2. The molecule has 1 fully saturated rings. The molecule has 2 heterocycles. The average Bonchev–Trinajstić information content (AvgIpc) is 3.07. The molecule has 12 heteroatoms. The monoisotopic (exact) mass is 563 g/mol. The molecule has 0 bridgehead atoms. The Labute approximate surface area is 195 Å². The maximum absolute atomic E-state index is 12.6. The number of pyridine rings is 1. The number of likely N-dealkylation sites (tertiary alicyclic amines) is 1. The number of carbonyl (C=O) groups excluding carboxylic acids is 1. The van der Waals surface area contributed by atoms with Gasteiger partial charge in [0.15, 0.2) is 5.96 Å². The molecule has 2 rings (SSSR count). The lowest BCUT2D eigenvalue weighted by Gasteiger charge is -2.15. The molecule has 170 valence electrons. The van der Waals surface area contributed by atoms with Gasteiger partial charge in [-0.2, -0.15) is 13.2 Å². The van der Waals surface area contributed by atoms with Gasteiger partial charge in [-0.1, -0.05) is 11.6 Å². The summed E-state index contributed by atoms with van der Waals surface area (Å²) in [5, 5.41) is 5.96. The number of carbonyl (C=O) groups is 1. The zero-order valence-electron chi connectivity index (χ0n) is 16.6. The predicted octanol–water partition coefficient (Wildman–Crippen LogP) is 3.32. The van der Waals surface area contributed by atoms with Crippen LogP contribution in [0, 0.1) is 0 Å². The van der Waals surface area contributed by atoms with E-state index < -0.39 is 11.7 Å². The summed E-state index contributed by atoms with van der Waals surface area (Å²) in [6.07, 6.45) is -1.50. The van der Waals surface area contributed by atoms with Crippen molar-refractivity contribution in [3.8, 4) is 5.88 Å². The van der Waals surface area contributed by atoms with Gasteiger partial charge in [-0.05, 0) is 25.8 Å². The molecule has 7 nitrogen and oxygen atoms in total. The van der Waals surface area contributed by atoms with Crippen molar-refractivity contribution in [2.24, 2.45) is 4.99 Å². The van der Waals surface area contributed by atoms with E-state index in [0.717, 1.165) is 25.5 Å². The third-order valence-electron chi connectivity index (χ3n) is 4.14. The summed E-state index contributed by atoms with van der Waals surface area (Å²) in [7, 11) is 0. The number of guanidine groups is 1. The molecule has 0 aromatic carbocycles. The molecule has 1 aromatic heterocycles. The van der Waals surface area contributed by atoms with E-state index in [1.54, 1.807) is 0 Å². The van der Waals surface area contributed by atoms with Crippen LogP contribution in [0.15, 0.2) is 17.3 Å². The highest BCUT2D eigenvalue weighted by Crippen LogP contribution is 2.32. The zero-order valence-corrected chi connectivity index (χ0v) is 19.7. The van der Waals surface area contributed by atoms with Gasteiger partial charge in [-0.3, -0.25) is 9.79 Å². The van der Waals surface area contributed by atoms with E-state index in [2.05, 4.69) is 20.6 Å². The van der Waals surface area contributed by atoms with Crippen LogP contribution in [0.25, 0.3) is 0 Å². The first-order valence-electron chi connectivity index (χ1n) is 9.46. The highest BCUT2D eigenvalue weighted by atomic mass is 127. The smallest absolute Gasteiger partial charge is 0.417 e. The highest BCUT2D eigenvalue weighted by molar-refractivity contribution is 14.0. The Kier molecular flexibility index (Phi) is 11.5. The summed E-state index contributed by atoms with van der Waals surface area (Å²) >= 11 is 5.80. The summed E-state index contributed by atoms with van der Waals surface area (Å²) in [5.41, 5.74) is -0.926. The van der Waals surface area contributed by atoms with E-state index in [1.807, 2.05) is 11.8 Å². The molecule has 1 aromatic rings. The average molecular weight is 564 g/mol. The lowest BCUT2D eigenvalue weighted by atomic mass is 10.3. The van der Waals surface area contributed by atoms with Crippen molar-refractivity contribution in [2.45, 2.75) is 32.4 Å². The number of nitrogens with zero attached hydrogens (tertiary/aromatic N) is 3. The van der Waals surface area contributed by atoms with Gasteiger partial charge in [0, 0.05) is 38.8 Å². The third kappa shape index (κ3) is 8.70. The Balaban J connectivity index is 0.00000450. The number of aliphatic imine (C=N–C) groups is 1. The number of alkyl halides is 3. The minimum absolute atomic E-state index is 0. The first-order valence-corrected chi connectivity index (χ1v) is 9.84. The van der Waals surface area contributed by atoms with Gasteiger partial charge in [0.25, 0.3) is 0 Å². The standard InChI is InChI=1S/C18H25ClF3N5O2.HI/c1-2-23-17(24-6-4-9-27-8-3-5-15(27)28)25-7-10-29-16-14(19)11-13(12-26-16)18(20,21)22;/h11-12H,2-10H2,1H3,(H2,23,24,25);1H. The van der Waals surface area contributed by atoms with E-state index in [1.165, 1.54) is 0 Å². The molecule has 2 N–H and O–H groups in total. The van der Waals surface area contributed by atoms with E-state index >= 15 is 0 Å². The quantitative estimate of drug-likeness (QED) is 0.209. The van der Waals surface area contributed by atoms with Crippen molar-refractivity contribution < 1.29 is 22.7 Å². The number of nitrogens with one attached hydrogen (secondary N) is 2. The molecule has 0 radical (unpaired) electrons. The fourth-order valence-electron chi connectivity index (χ4n) is 2.74. The van der Waals surface area contributed by atoms with Crippen LogP contribution in [0.5, 0.6) is 5.88 Å². The van der Waals surface area contributed by atoms with Crippen LogP contribution in [0.3, 0.4) is 0 Å². The lowest BCUT2D eigenvalue weighted by Crippen LogP contribution is -2.39. The largest absolute Gasteiger partial charge is 0.475 e. The van der Waals surface area contributed by atoms with Crippen LogP contribution in [-0.2, 0) is 11.0 Å². The number of hydrogen-bond acceptors (Lipinski definition) is 4. The predicted molar refractivity (Wildman–Crippen MR) is 120 cm³/mol. The van der Waals surface area contributed by atoms with Crippen molar-refractivity contribution in [1.82, 2.24) is 20.5 Å². The normalized spacial score (nSPS) is 14.5. The second-order valence-electron chi connectivity index (χ2n) is 6.38. The molecule has 0 saturated carbocycles. The van der Waals surface area contributed by atoms with E-state index in [0.29, 0.717) is 44.8 Å². The van der Waals surface area contributed by atoms with Crippen LogP contribution in [0.4, 0.5) is 13.2 Å². The van der Waals surface area contributed by atoms with Crippen LogP contribution in [0.2, 0.25) is 5.02 Å². The number of aromatic nitrogens is 1. The fraction of sp³-hybridized carbons (Fsp3) is 0.611. The maximum atomic E-state index is 12.6. The molecule has 0 aliphatic carbocycles. The van der Waals surface area contributed by atoms with Gasteiger partial charge in [0.1, 0.15) is 11.6 Å². The van der Waals surface area contributed by atoms with E-state index in [4.69, 9.17) is 16.3 Å². The van der Waals surface area contributed by atoms with Gasteiger partial charge in [-0.15, -0.1) is 24.0 Å². The second kappa shape index (κ2) is 13.0. The van der Waals surface area contributed by atoms with Gasteiger partial charge in [0.05, 0.1) is 12.1 Å². The van der Waals surface area contributed by atoms with Crippen LogP contribution < -0.4 is 15.4 Å². The Hall–Kier alpha value is -1.50. The summed E-state index contributed by atoms with van der Waals surface area (Å²) in [6.45, 7) is 5.18. The van der Waals surface area contributed by atoms with Crippen molar-refractivity contribution in [3.63, 3.8) is 0 Å². The Morgan fingerprint density at radius 2 is 2.17 bits per heavy atom. The van der Waals surface area contributed by atoms with Gasteiger partial charge < -0.3 is 20.3 Å². The number of amides is 1. The van der Waals surface area contributed by atoms with Crippen molar-refractivity contribution >= 4 is 47.4 Å². The van der Waals surface area contributed by atoms with Crippen molar-refractivity contribution in [2.75, 3.05) is 39.3 Å². The van der Waals surface area contributed by atoms with Gasteiger partial charge in [0.2, 0.25) is 11.8 Å². The van der Waals surface area contributed by atoms with E-state index in [-0.39, 0.29) is 47.4 Å². The fourth-order valence-corrected chi connectivity index (χ4v) is 2.96. The molecular formula is C18H26ClF3IN5O2. The molecule has 0 unspecified atom stereocenters. The summed E-state index contributed by atoms with van der Waals surface area (Å²) in [4.78, 5) is 21.5. The van der Waals surface area contributed by atoms with Crippen LogP contribution in [0.1, 0.15) is 31.7 Å². The van der Waals surface area contributed by atoms with Gasteiger partial charge in [-0.25, -0.2) is 4.98 Å². The zero-order chi connectivity index (χ0) is 21.3. The van der Waals surface area contributed by atoms with Crippen LogP contribution >= 0.6 is 35.6 Å². The minimum atomic E-state index is -4.50. The van der Waals surface area contributed by atoms with Gasteiger partial charge >= 0.3 is 6.18 Å². The molecule has 1 amide bonds. The Morgan fingerprint density at radius 3 is 2.77 bits per heavy atom. The molecule has 0 spiro atoms. The molecule has 1 saturated heterocycles. The summed E-state index contributed by atoms with van der Waals surface area (Å²) in [5.74, 6) is 0.737. The van der Waals surface area contributed by atoms with Crippen molar-refractivity contribution in [1.29, 1.82) is 0 Å². The number of hydrogen-bond donors (Lipinski definition) is 2. The van der Waals surface area contributed by atoms with Crippen molar-refractivity contribution in [3.05, 3.63) is 22.8 Å². The Bertz CT molecular complexity index is 722.